The third-order valence-corrected chi connectivity index (χ3v) is 3.76. The number of nitrogen functional groups attached to an aromatic ring is 1. The Labute approximate surface area is 138 Å². The number of hydrogen-bond donors (Lipinski definition) is 1. The molecule has 0 atom stereocenters. The molecule has 0 aliphatic heterocycles. The molecule has 0 fully saturated rings. The van der Waals surface area contributed by atoms with Crippen LogP contribution in [0, 0.1) is 5.41 Å². The number of rotatable bonds is 9. The average molecular weight is 321 g/mol. The first-order valence-electron chi connectivity index (χ1n) is 8.14. The lowest BCUT2D eigenvalue weighted by molar-refractivity contribution is -0.224. The molecule has 0 amide bonds. The molecule has 1 aromatic carbocycles. The van der Waals surface area contributed by atoms with Crippen LogP contribution < -0.4 is 10.6 Å². The summed E-state index contributed by atoms with van der Waals surface area (Å²) in [5.41, 5.74) is 5.95. The van der Waals surface area contributed by atoms with Gasteiger partial charge in [-0.05, 0) is 38.8 Å². The first kappa shape index (κ1) is 19.0. The Kier molecular flexibility index (Phi) is 7.07. The fraction of sp³-hybridized carbons (Fsp3) is 0.556. The van der Waals surface area contributed by atoms with Crippen LogP contribution in [0.4, 0.5) is 5.69 Å². The molecule has 5 nitrogen and oxygen atoms in total. The van der Waals surface area contributed by atoms with Crippen LogP contribution in [0.2, 0.25) is 0 Å². The van der Waals surface area contributed by atoms with Gasteiger partial charge in [-0.15, -0.1) is 0 Å². The zero-order valence-electron chi connectivity index (χ0n) is 14.5. The number of Topliss-reactive ketones (excluding diaryl/α,β-unsaturated/α-hetero) is 1. The van der Waals surface area contributed by atoms with Crippen LogP contribution in [-0.2, 0) is 9.68 Å². The second kappa shape index (κ2) is 8.56. The molecule has 2 N–H and O–H groups in total. The largest absolute Gasteiger partial charge is 0.395 e. The molecule has 23 heavy (non-hydrogen) atoms. The zero-order chi connectivity index (χ0) is 17.5. The van der Waals surface area contributed by atoms with E-state index in [0.717, 1.165) is 19.3 Å². The lowest BCUT2D eigenvalue weighted by Gasteiger charge is -2.20. The van der Waals surface area contributed by atoms with E-state index in [-0.39, 0.29) is 17.2 Å². The van der Waals surface area contributed by atoms with Crippen LogP contribution in [0.1, 0.15) is 70.2 Å². The smallest absolute Gasteiger partial charge is 0.360 e. The predicted molar refractivity (Wildman–Crippen MR) is 90.1 cm³/mol. The first-order valence-corrected chi connectivity index (χ1v) is 8.14. The Bertz CT molecular complexity index is 552. The number of benzene rings is 1. The van der Waals surface area contributed by atoms with Crippen LogP contribution in [0.5, 0.6) is 5.75 Å². The Hall–Kier alpha value is -2.04. The number of para-hydroxylation sites is 1. The highest BCUT2D eigenvalue weighted by atomic mass is 17.2. The van der Waals surface area contributed by atoms with Gasteiger partial charge in [-0.1, -0.05) is 32.8 Å². The number of carbonyl (C=O) groups is 2. The summed E-state index contributed by atoms with van der Waals surface area (Å²) in [5, 5.41) is 0. The van der Waals surface area contributed by atoms with E-state index < -0.39 is 11.4 Å². The summed E-state index contributed by atoms with van der Waals surface area (Å²) in [6.07, 6.45) is 3.74. The molecule has 0 heterocycles. The van der Waals surface area contributed by atoms with E-state index in [1.165, 1.54) is 0 Å². The van der Waals surface area contributed by atoms with Crippen molar-refractivity contribution in [3.63, 3.8) is 0 Å². The average Bonchev–Trinajstić information content (AvgIpc) is 2.51. The van der Waals surface area contributed by atoms with Crippen molar-refractivity contribution in [2.24, 2.45) is 5.41 Å². The first-order chi connectivity index (χ1) is 10.8. The molecule has 0 saturated heterocycles. The van der Waals surface area contributed by atoms with Crippen LogP contribution >= 0.6 is 0 Å². The van der Waals surface area contributed by atoms with Crippen molar-refractivity contribution >= 4 is 17.4 Å². The number of anilines is 1. The number of hydrogen-bond acceptors (Lipinski definition) is 5. The second-order valence-corrected chi connectivity index (χ2v) is 6.33. The minimum absolute atomic E-state index is 0.0348. The molecule has 0 saturated carbocycles. The Morgan fingerprint density at radius 2 is 1.87 bits per heavy atom. The van der Waals surface area contributed by atoms with E-state index in [2.05, 4.69) is 0 Å². The summed E-state index contributed by atoms with van der Waals surface area (Å²) in [5.74, 6) is -0.304. The summed E-state index contributed by atoms with van der Waals surface area (Å²) in [6.45, 7) is 7.62. The molecule has 0 spiro atoms. The molecular weight excluding hydrogens is 294 g/mol. The lowest BCUT2D eigenvalue weighted by Crippen LogP contribution is -2.27. The monoisotopic (exact) mass is 321 g/mol. The van der Waals surface area contributed by atoms with Crippen LogP contribution in [-0.4, -0.2) is 11.8 Å². The van der Waals surface area contributed by atoms with Crippen molar-refractivity contribution in [1.29, 1.82) is 0 Å². The SMILES string of the molecule is CCCCC(=O)c1cccc(OOC(=O)C(C)(C)CCC)c1N. The molecule has 0 radical (unpaired) electrons. The van der Waals surface area contributed by atoms with E-state index in [1.54, 1.807) is 32.0 Å². The summed E-state index contributed by atoms with van der Waals surface area (Å²) in [7, 11) is 0. The van der Waals surface area contributed by atoms with Gasteiger partial charge < -0.3 is 5.73 Å². The van der Waals surface area contributed by atoms with Crippen molar-refractivity contribution in [3.05, 3.63) is 23.8 Å². The lowest BCUT2D eigenvalue weighted by atomic mass is 9.88. The molecule has 0 bridgehead atoms. The quantitative estimate of drug-likeness (QED) is 0.317. The van der Waals surface area contributed by atoms with E-state index in [4.69, 9.17) is 15.5 Å². The fourth-order valence-corrected chi connectivity index (χ4v) is 2.25. The number of nitrogens with two attached hydrogens (primary N) is 1. The van der Waals surface area contributed by atoms with Gasteiger partial charge in [0.15, 0.2) is 5.78 Å². The summed E-state index contributed by atoms with van der Waals surface area (Å²) in [4.78, 5) is 34.2. The molecule has 1 rings (SSSR count). The number of carbonyl (C=O) groups excluding carboxylic acids is 2. The van der Waals surface area contributed by atoms with E-state index in [9.17, 15) is 9.59 Å². The highest BCUT2D eigenvalue weighted by Gasteiger charge is 2.30. The minimum atomic E-state index is -0.627. The van der Waals surface area contributed by atoms with Gasteiger partial charge >= 0.3 is 5.97 Å². The highest BCUT2D eigenvalue weighted by molar-refractivity contribution is 6.01. The van der Waals surface area contributed by atoms with Crippen molar-refractivity contribution < 1.29 is 19.4 Å². The molecule has 1 aromatic rings. The minimum Gasteiger partial charge on any atom is -0.395 e. The van der Waals surface area contributed by atoms with E-state index in [0.29, 0.717) is 18.4 Å². The Balaban J connectivity index is 2.79. The van der Waals surface area contributed by atoms with Gasteiger partial charge in [-0.2, -0.15) is 0 Å². The molecule has 5 heteroatoms. The second-order valence-electron chi connectivity index (χ2n) is 6.33. The number of unbranched alkanes of at least 4 members (excludes halogenated alkanes) is 1. The van der Waals surface area contributed by atoms with Gasteiger partial charge in [0, 0.05) is 12.0 Å². The molecular formula is C18H27NO4. The van der Waals surface area contributed by atoms with Crippen LogP contribution in [0.25, 0.3) is 0 Å². The van der Waals surface area contributed by atoms with Crippen LogP contribution in [0.3, 0.4) is 0 Å². The number of ketones is 1. The van der Waals surface area contributed by atoms with Gasteiger partial charge in [0.2, 0.25) is 5.75 Å². The van der Waals surface area contributed by atoms with Crippen molar-refractivity contribution in [2.45, 2.75) is 59.8 Å². The van der Waals surface area contributed by atoms with Crippen molar-refractivity contribution in [2.75, 3.05) is 5.73 Å². The molecule has 0 aromatic heterocycles. The maximum atomic E-state index is 12.1. The van der Waals surface area contributed by atoms with Gasteiger partial charge in [0.25, 0.3) is 0 Å². The fourth-order valence-electron chi connectivity index (χ4n) is 2.25. The van der Waals surface area contributed by atoms with Crippen molar-refractivity contribution in [3.8, 4) is 5.75 Å². The molecule has 0 unspecified atom stereocenters. The Morgan fingerprint density at radius 3 is 2.48 bits per heavy atom. The molecule has 0 aliphatic carbocycles. The summed E-state index contributed by atoms with van der Waals surface area (Å²) < 4.78 is 0. The third-order valence-electron chi connectivity index (χ3n) is 3.76. The summed E-state index contributed by atoms with van der Waals surface area (Å²) >= 11 is 0. The van der Waals surface area contributed by atoms with Gasteiger partial charge in [0.05, 0.1) is 11.1 Å². The zero-order valence-corrected chi connectivity index (χ0v) is 14.5. The molecule has 128 valence electrons. The topological polar surface area (TPSA) is 78.6 Å². The van der Waals surface area contributed by atoms with Gasteiger partial charge in [-0.3, -0.25) is 9.68 Å². The van der Waals surface area contributed by atoms with Crippen LogP contribution in [0.15, 0.2) is 18.2 Å². The van der Waals surface area contributed by atoms with E-state index >= 15 is 0 Å². The summed E-state index contributed by atoms with van der Waals surface area (Å²) in [6, 6.07) is 4.89. The van der Waals surface area contributed by atoms with E-state index in [1.807, 2.05) is 13.8 Å². The highest BCUT2D eigenvalue weighted by Crippen LogP contribution is 2.29. The van der Waals surface area contributed by atoms with Crippen molar-refractivity contribution in [1.82, 2.24) is 0 Å². The third kappa shape index (κ3) is 5.27. The van der Waals surface area contributed by atoms with Gasteiger partial charge in [-0.25, -0.2) is 9.68 Å². The standard InChI is InChI=1S/C18H27NO4/c1-5-7-10-14(20)13-9-8-11-15(16(13)19)22-23-17(21)18(3,4)12-6-2/h8-9,11H,5-7,10,12,19H2,1-4H3. The molecule has 0 aliphatic rings. The predicted octanol–water partition coefficient (Wildman–Crippen LogP) is 4.31. The maximum absolute atomic E-state index is 12.1. The Morgan fingerprint density at radius 1 is 1.17 bits per heavy atom. The van der Waals surface area contributed by atoms with Gasteiger partial charge in [0.1, 0.15) is 0 Å². The normalized spacial score (nSPS) is 11.1. The maximum Gasteiger partial charge on any atom is 0.360 e.